The van der Waals surface area contributed by atoms with E-state index in [2.05, 4.69) is 23.8 Å². The van der Waals surface area contributed by atoms with E-state index >= 15 is 0 Å². The van der Waals surface area contributed by atoms with Crippen LogP contribution in [0.4, 0.5) is 0 Å². The molecule has 0 radical (unpaired) electrons. The van der Waals surface area contributed by atoms with Gasteiger partial charge in [0.2, 0.25) is 0 Å². The molecule has 0 fully saturated rings. The first kappa shape index (κ1) is 24.0. The minimum Gasteiger partial charge on any atom is -0.427 e. The predicted octanol–water partition coefficient (Wildman–Crippen LogP) is 7.31. The summed E-state index contributed by atoms with van der Waals surface area (Å²) in [6.07, 6.45) is 18.5. The summed E-state index contributed by atoms with van der Waals surface area (Å²) in [6.45, 7) is 4.43. The van der Waals surface area contributed by atoms with E-state index in [9.17, 15) is 4.79 Å². The summed E-state index contributed by atoms with van der Waals surface area (Å²) >= 11 is 0. The second-order valence-electron chi connectivity index (χ2n) is 8.07. The Morgan fingerprint density at radius 1 is 0.767 bits per heavy atom. The van der Waals surface area contributed by atoms with E-state index in [4.69, 9.17) is 4.74 Å². The van der Waals surface area contributed by atoms with Crippen LogP contribution in [0.15, 0.2) is 36.7 Å². The number of esters is 1. The number of hydrogen-bond donors (Lipinski definition) is 0. The lowest BCUT2D eigenvalue weighted by atomic mass is 10.1. The lowest BCUT2D eigenvalue weighted by Crippen LogP contribution is -2.07. The highest BCUT2D eigenvalue weighted by atomic mass is 16.5. The van der Waals surface area contributed by atoms with Gasteiger partial charge >= 0.3 is 5.97 Å². The van der Waals surface area contributed by atoms with Gasteiger partial charge in [-0.1, -0.05) is 71.6 Å². The standard InChI is InChI=1S/C26H38N2O2/c1-3-5-7-9-11-12-14-23-20-28-25(21-27-23)22-16-18-24(19-17-22)30-26(29)15-13-10-8-6-4-2/h16-21H,3-15H2,1-2H3. The maximum atomic E-state index is 12.0. The summed E-state index contributed by atoms with van der Waals surface area (Å²) in [4.78, 5) is 21.1. The van der Waals surface area contributed by atoms with Gasteiger partial charge in [0.1, 0.15) is 5.75 Å². The molecule has 4 heteroatoms. The number of benzene rings is 1. The second kappa shape index (κ2) is 14.7. The highest BCUT2D eigenvalue weighted by Crippen LogP contribution is 2.21. The molecule has 0 aliphatic rings. The van der Waals surface area contributed by atoms with Gasteiger partial charge in [-0.05, 0) is 43.5 Å². The fraction of sp³-hybridized carbons (Fsp3) is 0.577. The van der Waals surface area contributed by atoms with Crippen molar-refractivity contribution in [1.82, 2.24) is 9.97 Å². The van der Waals surface area contributed by atoms with E-state index in [0.717, 1.165) is 36.2 Å². The molecule has 4 nitrogen and oxygen atoms in total. The van der Waals surface area contributed by atoms with E-state index < -0.39 is 0 Å². The molecule has 0 N–H and O–H groups in total. The monoisotopic (exact) mass is 410 g/mol. The molecule has 30 heavy (non-hydrogen) atoms. The zero-order valence-electron chi connectivity index (χ0n) is 18.9. The predicted molar refractivity (Wildman–Crippen MR) is 124 cm³/mol. The number of aromatic nitrogens is 2. The first-order chi connectivity index (χ1) is 14.7. The Morgan fingerprint density at radius 3 is 2.03 bits per heavy atom. The van der Waals surface area contributed by atoms with Crippen molar-refractivity contribution >= 4 is 5.97 Å². The molecule has 164 valence electrons. The number of aryl methyl sites for hydroxylation is 1. The zero-order valence-corrected chi connectivity index (χ0v) is 18.9. The third-order valence-electron chi connectivity index (χ3n) is 5.36. The van der Waals surface area contributed by atoms with Gasteiger partial charge in [-0.2, -0.15) is 0 Å². The van der Waals surface area contributed by atoms with Crippen molar-refractivity contribution in [3.8, 4) is 17.0 Å². The fourth-order valence-corrected chi connectivity index (χ4v) is 3.47. The normalized spacial score (nSPS) is 10.9. The number of nitrogens with zero attached hydrogens (tertiary/aromatic N) is 2. The Labute approximate surface area is 182 Å². The quantitative estimate of drug-likeness (QED) is 0.175. The molecule has 0 atom stereocenters. The second-order valence-corrected chi connectivity index (χ2v) is 8.07. The largest absolute Gasteiger partial charge is 0.427 e. The number of ether oxygens (including phenoxy) is 1. The highest BCUT2D eigenvalue weighted by Gasteiger charge is 2.06. The SMILES string of the molecule is CCCCCCCCc1cnc(-c2ccc(OC(=O)CCCCCCC)cc2)cn1. The van der Waals surface area contributed by atoms with Gasteiger partial charge in [0.05, 0.1) is 17.6 Å². The Balaban J connectivity index is 1.74. The van der Waals surface area contributed by atoms with Crippen molar-refractivity contribution in [1.29, 1.82) is 0 Å². The Hall–Kier alpha value is -2.23. The van der Waals surface area contributed by atoms with Gasteiger partial charge in [0, 0.05) is 18.2 Å². The first-order valence-corrected chi connectivity index (χ1v) is 11.8. The minimum absolute atomic E-state index is 0.155. The van der Waals surface area contributed by atoms with Crippen LogP contribution in [0.2, 0.25) is 0 Å². The van der Waals surface area contributed by atoms with Gasteiger partial charge in [-0.15, -0.1) is 0 Å². The highest BCUT2D eigenvalue weighted by molar-refractivity contribution is 5.72. The van der Waals surface area contributed by atoms with Crippen LogP contribution in [0.25, 0.3) is 11.3 Å². The third-order valence-corrected chi connectivity index (χ3v) is 5.36. The average molecular weight is 411 g/mol. The van der Waals surface area contributed by atoms with Crippen LogP contribution in [0, 0.1) is 0 Å². The van der Waals surface area contributed by atoms with Crippen molar-refractivity contribution < 1.29 is 9.53 Å². The van der Waals surface area contributed by atoms with Crippen LogP contribution in [0.5, 0.6) is 5.75 Å². The van der Waals surface area contributed by atoms with Crippen molar-refractivity contribution in [2.75, 3.05) is 0 Å². The van der Waals surface area contributed by atoms with Crippen molar-refractivity contribution in [3.63, 3.8) is 0 Å². The van der Waals surface area contributed by atoms with E-state index in [0.29, 0.717) is 12.2 Å². The molecular formula is C26H38N2O2. The third kappa shape index (κ3) is 9.51. The van der Waals surface area contributed by atoms with Crippen LogP contribution >= 0.6 is 0 Å². The molecule has 0 spiro atoms. The van der Waals surface area contributed by atoms with E-state index in [1.807, 2.05) is 36.7 Å². The summed E-state index contributed by atoms with van der Waals surface area (Å²) in [5.74, 6) is 0.433. The Bertz CT molecular complexity index is 711. The molecule has 1 aromatic carbocycles. The van der Waals surface area contributed by atoms with Crippen molar-refractivity contribution in [2.24, 2.45) is 0 Å². The molecule has 0 saturated carbocycles. The maximum absolute atomic E-state index is 12.0. The van der Waals surface area contributed by atoms with Gasteiger partial charge in [0.15, 0.2) is 0 Å². The van der Waals surface area contributed by atoms with Crippen molar-refractivity contribution in [2.45, 2.75) is 97.3 Å². The molecule has 0 bridgehead atoms. The molecular weight excluding hydrogens is 372 g/mol. The Kier molecular flexibility index (Phi) is 11.8. The van der Waals surface area contributed by atoms with Crippen LogP contribution < -0.4 is 4.74 Å². The molecule has 2 rings (SSSR count). The summed E-state index contributed by atoms with van der Waals surface area (Å²) in [7, 11) is 0. The smallest absolute Gasteiger partial charge is 0.311 e. The molecule has 1 aromatic heterocycles. The van der Waals surface area contributed by atoms with Crippen LogP contribution in [-0.2, 0) is 11.2 Å². The molecule has 0 saturated heterocycles. The van der Waals surface area contributed by atoms with E-state index in [1.54, 1.807) is 0 Å². The molecule has 1 heterocycles. The van der Waals surface area contributed by atoms with Crippen LogP contribution in [-0.4, -0.2) is 15.9 Å². The van der Waals surface area contributed by atoms with Gasteiger partial charge in [0.25, 0.3) is 0 Å². The lowest BCUT2D eigenvalue weighted by molar-refractivity contribution is -0.134. The maximum Gasteiger partial charge on any atom is 0.311 e. The van der Waals surface area contributed by atoms with Gasteiger partial charge in [-0.25, -0.2) is 0 Å². The fourth-order valence-electron chi connectivity index (χ4n) is 3.47. The summed E-state index contributed by atoms with van der Waals surface area (Å²) < 4.78 is 5.44. The summed E-state index contributed by atoms with van der Waals surface area (Å²) in [5.41, 5.74) is 2.88. The lowest BCUT2D eigenvalue weighted by Gasteiger charge is -2.06. The molecule has 0 aliphatic heterocycles. The Morgan fingerprint density at radius 2 is 1.40 bits per heavy atom. The number of carbonyl (C=O) groups is 1. The van der Waals surface area contributed by atoms with Gasteiger partial charge < -0.3 is 4.74 Å². The van der Waals surface area contributed by atoms with E-state index in [1.165, 1.54) is 57.8 Å². The van der Waals surface area contributed by atoms with Gasteiger partial charge in [-0.3, -0.25) is 14.8 Å². The topological polar surface area (TPSA) is 52.1 Å². The van der Waals surface area contributed by atoms with Crippen LogP contribution in [0.1, 0.15) is 96.6 Å². The average Bonchev–Trinajstić information content (AvgIpc) is 2.77. The molecule has 2 aromatic rings. The number of carbonyl (C=O) groups excluding carboxylic acids is 1. The molecule has 0 unspecified atom stereocenters. The molecule has 0 aliphatic carbocycles. The van der Waals surface area contributed by atoms with Crippen LogP contribution in [0.3, 0.4) is 0 Å². The summed E-state index contributed by atoms with van der Waals surface area (Å²) in [6, 6.07) is 7.52. The first-order valence-electron chi connectivity index (χ1n) is 11.8. The summed E-state index contributed by atoms with van der Waals surface area (Å²) in [5, 5.41) is 0. The number of hydrogen-bond acceptors (Lipinski definition) is 4. The zero-order chi connectivity index (χ0) is 21.4. The minimum atomic E-state index is -0.155. The van der Waals surface area contributed by atoms with E-state index in [-0.39, 0.29) is 5.97 Å². The molecule has 0 amide bonds. The van der Waals surface area contributed by atoms with Crippen molar-refractivity contribution in [3.05, 3.63) is 42.4 Å². The number of rotatable bonds is 15. The number of unbranched alkanes of at least 4 members (excludes halogenated alkanes) is 9.